The van der Waals surface area contributed by atoms with E-state index in [0.717, 1.165) is 0 Å². The fourth-order valence-electron chi connectivity index (χ4n) is 1.39. The van der Waals surface area contributed by atoms with Gasteiger partial charge in [-0.1, -0.05) is 20.8 Å². The van der Waals surface area contributed by atoms with E-state index < -0.39 is 5.41 Å². The average Bonchev–Trinajstić information content (AvgIpc) is 2.37. The molecule has 0 spiro atoms. The van der Waals surface area contributed by atoms with Crippen molar-refractivity contribution in [3.8, 4) is 5.75 Å². The summed E-state index contributed by atoms with van der Waals surface area (Å²) in [5, 5.41) is 5.33. The largest absolute Gasteiger partial charge is 0.495 e. The van der Waals surface area contributed by atoms with Gasteiger partial charge in [-0.25, -0.2) is 0 Å². The van der Waals surface area contributed by atoms with E-state index in [-0.39, 0.29) is 11.8 Å². The zero-order chi connectivity index (χ0) is 14.6. The Kier molecular flexibility index (Phi) is 4.53. The van der Waals surface area contributed by atoms with Crippen molar-refractivity contribution in [3.63, 3.8) is 0 Å². The van der Waals surface area contributed by atoms with Gasteiger partial charge in [0.1, 0.15) is 5.75 Å². The number of rotatable bonds is 3. The molecule has 1 rings (SSSR count). The average molecular weight is 264 g/mol. The summed E-state index contributed by atoms with van der Waals surface area (Å²) in [7, 11) is 3.06. The Hall–Kier alpha value is -2.04. The molecule has 0 heterocycles. The summed E-state index contributed by atoms with van der Waals surface area (Å²) in [5.74, 6) is 0.143. The van der Waals surface area contributed by atoms with Crippen molar-refractivity contribution in [1.82, 2.24) is 5.32 Å². The van der Waals surface area contributed by atoms with Crippen molar-refractivity contribution >= 4 is 17.5 Å². The van der Waals surface area contributed by atoms with Gasteiger partial charge in [0.05, 0.1) is 12.8 Å². The highest BCUT2D eigenvalue weighted by atomic mass is 16.5. The van der Waals surface area contributed by atoms with Crippen molar-refractivity contribution in [2.45, 2.75) is 20.8 Å². The minimum absolute atomic E-state index is 0.113. The molecule has 0 saturated heterocycles. The Morgan fingerprint density at radius 2 is 1.84 bits per heavy atom. The van der Waals surface area contributed by atoms with E-state index >= 15 is 0 Å². The van der Waals surface area contributed by atoms with Crippen LogP contribution in [0.15, 0.2) is 18.2 Å². The van der Waals surface area contributed by atoms with Crippen molar-refractivity contribution in [1.29, 1.82) is 0 Å². The molecule has 0 atom stereocenters. The van der Waals surface area contributed by atoms with E-state index in [9.17, 15) is 9.59 Å². The number of nitrogens with one attached hydrogen (secondary N) is 2. The summed E-state index contributed by atoms with van der Waals surface area (Å²) in [4.78, 5) is 23.5. The first kappa shape index (κ1) is 15.0. The topological polar surface area (TPSA) is 67.4 Å². The molecule has 2 N–H and O–H groups in total. The Morgan fingerprint density at radius 1 is 1.21 bits per heavy atom. The van der Waals surface area contributed by atoms with Gasteiger partial charge in [-0.2, -0.15) is 0 Å². The number of anilines is 1. The number of methoxy groups -OCH3 is 1. The molecular formula is C14H20N2O3. The summed E-state index contributed by atoms with van der Waals surface area (Å²) in [5.41, 5.74) is 0.535. The fraction of sp³-hybridized carbons (Fsp3) is 0.429. The van der Waals surface area contributed by atoms with E-state index in [0.29, 0.717) is 17.0 Å². The number of hydrogen-bond donors (Lipinski definition) is 2. The molecule has 0 aromatic heterocycles. The van der Waals surface area contributed by atoms with Gasteiger partial charge in [-0.3, -0.25) is 9.59 Å². The molecule has 1 aromatic carbocycles. The summed E-state index contributed by atoms with van der Waals surface area (Å²) >= 11 is 0. The van der Waals surface area contributed by atoms with Crippen LogP contribution >= 0.6 is 0 Å². The number of carbonyl (C=O) groups is 2. The summed E-state index contributed by atoms with van der Waals surface area (Å²) < 4.78 is 5.20. The first-order valence-corrected chi connectivity index (χ1v) is 6.01. The molecule has 2 amide bonds. The summed E-state index contributed by atoms with van der Waals surface area (Å²) in [6.45, 7) is 5.48. The molecule has 0 aliphatic heterocycles. The third kappa shape index (κ3) is 3.71. The van der Waals surface area contributed by atoms with Crippen molar-refractivity contribution in [2.24, 2.45) is 5.41 Å². The first-order chi connectivity index (χ1) is 8.79. The lowest BCUT2D eigenvalue weighted by Gasteiger charge is -2.19. The van der Waals surface area contributed by atoms with Gasteiger partial charge in [0.15, 0.2) is 0 Å². The van der Waals surface area contributed by atoms with Gasteiger partial charge < -0.3 is 15.4 Å². The predicted molar refractivity (Wildman–Crippen MR) is 74.5 cm³/mol. The lowest BCUT2D eigenvalue weighted by atomic mass is 9.95. The SMILES string of the molecule is CNC(=O)c1ccc(NC(=O)C(C)(C)C)c(OC)c1. The van der Waals surface area contributed by atoms with Gasteiger partial charge in [0, 0.05) is 18.0 Å². The van der Waals surface area contributed by atoms with Crippen molar-refractivity contribution in [2.75, 3.05) is 19.5 Å². The maximum Gasteiger partial charge on any atom is 0.251 e. The van der Waals surface area contributed by atoms with Crippen LogP contribution in [0.2, 0.25) is 0 Å². The molecule has 0 unspecified atom stereocenters. The highest BCUT2D eigenvalue weighted by molar-refractivity contribution is 5.98. The van der Waals surface area contributed by atoms with E-state index in [2.05, 4.69) is 10.6 Å². The second-order valence-electron chi connectivity index (χ2n) is 5.20. The highest BCUT2D eigenvalue weighted by Gasteiger charge is 2.22. The molecule has 1 aromatic rings. The number of ether oxygens (including phenoxy) is 1. The van der Waals surface area contributed by atoms with Gasteiger partial charge in [0.2, 0.25) is 5.91 Å². The molecular weight excluding hydrogens is 244 g/mol. The minimum atomic E-state index is -0.496. The van der Waals surface area contributed by atoms with Gasteiger partial charge in [-0.05, 0) is 18.2 Å². The molecule has 0 saturated carbocycles. The molecule has 0 aliphatic rings. The van der Waals surface area contributed by atoms with Gasteiger partial charge >= 0.3 is 0 Å². The lowest BCUT2D eigenvalue weighted by Crippen LogP contribution is -2.28. The summed E-state index contributed by atoms with van der Waals surface area (Å²) in [6, 6.07) is 4.89. The van der Waals surface area contributed by atoms with Crippen LogP contribution in [-0.2, 0) is 4.79 Å². The Morgan fingerprint density at radius 3 is 2.32 bits per heavy atom. The highest BCUT2D eigenvalue weighted by Crippen LogP contribution is 2.27. The second kappa shape index (κ2) is 5.73. The third-order valence-electron chi connectivity index (χ3n) is 2.62. The third-order valence-corrected chi connectivity index (χ3v) is 2.62. The molecule has 5 heteroatoms. The molecule has 0 radical (unpaired) electrons. The Labute approximate surface area is 113 Å². The van der Waals surface area contributed by atoms with Crippen LogP contribution in [-0.4, -0.2) is 26.0 Å². The van der Waals surface area contributed by atoms with Crippen LogP contribution in [0.5, 0.6) is 5.75 Å². The van der Waals surface area contributed by atoms with Crippen LogP contribution < -0.4 is 15.4 Å². The maximum atomic E-state index is 11.9. The molecule has 19 heavy (non-hydrogen) atoms. The quantitative estimate of drug-likeness (QED) is 0.878. The van der Waals surface area contributed by atoms with E-state index in [4.69, 9.17) is 4.74 Å². The zero-order valence-corrected chi connectivity index (χ0v) is 12.0. The van der Waals surface area contributed by atoms with Gasteiger partial charge in [0.25, 0.3) is 5.91 Å². The Bertz CT molecular complexity index is 490. The maximum absolute atomic E-state index is 11.9. The molecule has 0 bridgehead atoms. The van der Waals surface area contributed by atoms with Crippen LogP contribution in [0.4, 0.5) is 5.69 Å². The smallest absolute Gasteiger partial charge is 0.251 e. The normalized spacial score (nSPS) is 10.8. The first-order valence-electron chi connectivity index (χ1n) is 6.01. The monoisotopic (exact) mass is 264 g/mol. The number of hydrogen-bond acceptors (Lipinski definition) is 3. The molecule has 0 aliphatic carbocycles. The van der Waals surface area contributed by atoms with E-state index in [1.807, 2.05) is 20.8 Å². The molecule has 0 fully saturated rings. The van der Waals surface area contributed by atoms with Crippen LogP contribution in [0.1, 0.15) is 31.1 Å². The van der Waals surface area contributed by atoms with Gasteiger partial charge in [-0.15, -0.1) is 0 Å². The van der Waals surface area contributed by atoms with Crippen molar-refractivity contribution in [3.05, 3.63) is 23.8 Å². The fourth-order valence-corrected chi connectivity index (χ4v) is 1.39. The van der Waals surface area contributed by atoms with E-state index in [1.54, 1.807) is 25.2 Å². The Balaban J connectivity index is 3.03. The van der Waals surface area contributed by atoms with Crippen LogP contribution in [0.25, 0.3) is 0 Å². The standard InChI is InChI=1S/C14H20N2O3/c1-14(2,3)13(18)16-10-7-6-9(12(17)15-4)8-11(10)19-5/h6-8H,1-5H3,(H,15,17)(H,16,18). The lowest BCUT2D eigenvalue weighted by molar-refractivity contribution is -0.123. The number of amides is 2. The van der Waals surface area contributed by atoms with Crippen LogP contribution in [0, 0.1) is 5.41 Å². The van der Waals surface area contributed by atoms with Crippen LogP contribution in [0.3, 0.4) is 0 Å². The van der Waals surface area contributed by atoms with E-state index in [1.165, 1.54) is 7.11 Å². The minimum Gasteiger partial charge on any atom is -0.495 e. The molecule has 5 nitrogen and oxygen atoms in total. The zero-order valence-electron chi connectivity index (χ0n) is 12.0. The predicted octanol–water partition coefficient (Wildman–Crippen LogP) is 2.04. The molecule has 104 valence electrons. The second-order valence-corrected chi connectivity index (χ2v) is 5.20. The van der Waals surface area contributed by atoms with Crippen molar-refractivity contribution < 1.29 is 14.3 Å². The number of benzene rings is 1. The summed E-state index contributed by atoms with van der Waals surface area (Å²) in [6.07, 6.45) is 0. The number of carbonyl (C=O) groups excluding carboxylic acids is 2.